The highest BCUT2D eigenvalue weighted by Crippen LogP contribution is 2.37. The lowest BCUT2D eigenvalue weighted by Gasteiger charge is -2.37. The largest absolute Gasteiger partial charge is 0.349 e. The van der Waals surface area contributed by atoms with E-state index in [4.69, 9.17) is 0 Å². The number of carbonyl (C=O) groups is 1. The Labute approximate surface area is 174 Å². The van der Waals surface area contributed by atoms with Gasteiger partial charge in [0.15, 0.2) is 0 Å². The Morgan fingerprint density at radius 2 is 1.86 bits per heavy atom. The molecule has 0 radical (unpaired) electrons. The van der Waals surface area contributed by atoms with E-state index < -0.39 is 0 Å². The summed E-state index contributed by atoms with van der Waals surface area (Å²) >= 11 is 1.15. The van der Waals surface area contributed by atoms with E-state index in [0.29, 0.717) is 11.5 Å². The number of aromatic nitrogens is 2. The number of carbonyl (C=O) groups excluding carboxylic acids is 1. The summed E-state index contributed by atoms with van der Waals surface area (Å²) in [5.74, 6) is 0.192. The van der Waals surface area contributed by atoms with Gasteiger partial charge < -0.3 is 10.2 Å². The molecule has 4 rings (SSSR count). The predicted octanol–water partition coefficient (Wildman–Crippen LogP) is 4.42. The lowest BCUT2D eigenvalue weighted by molar-refractivity contribution is 0.0907. The Hall–Kier alpha value is -2.38. The zero-order chi connectivity index (χ0) is 20.4. The summed E-state index contributed by atoms with van der Waals surface area (Å²) in [6, 6.07) is 12.7. The smallest absolute Gasteiger partial charge is 0.251 e. The van der Waals surface area contributed by atoms with Gasteiger partial charge in [-0.25, -0.2) is 4.39 Å². The summed E-state index contributed by atoms with van der Waals surface area (Å²) in [6.45, 7) is 0. The molecule has 1 saturated carbocycles. The van der Waals surface area contributed by atoms with E-state index >= 15 is 0 Å². The minimum Gasteiger partial charge on any atom is -0.349 e. The molecule has 5 nitrogen and oxygen atoms in total. The molecule has 3 aromatic rings. The molecule has 0 bridgehead atoms. The maximum absolute atomic E-state index is 13.7. The summed E-state index contributed by atoms with van der Waals surface area (Å²) in [5.41, 5.74) is 3.22. The first kappa shape index (κ1) is 19.9. The van der Waals surface area contributed by atoms with Crippen LogP contribution in [0.25, 0.3) is 11.0 Å². The van der Waals surface area contributed by atoms with Crippen LogP contribution >= 0.6 is 11.7 Å². The number of halogens is 1. The van der Waals surface area contributed by atoms with E-state index in [1.807, 2.05) is 26.2 Å². The van der Waals surface area contributed by atoms with Crippen molar-refractivity contribution in [2.45, 2.75) is 37.8 Å². The Kier molecular flexibility index (Phi) is 5.87. The van der Waals surface area contributed by atoms with Crippen molar-refractivity contribution in [2.75, 3.05) is 14.1 Å². The molecule has 1 aliphatic rings. The molecule has 29 heavy (non-hydrogen) atoms. The summed E-state index contributed by atoms with van der Waals surface area (Å²) in [4.78, 5) is 14.8. The fourth-order valence-corrected chi connectivity index (χ4v) is 4.97. The zero-order valence-corrected chi connectivity index (χ0v) is 17.5. The van der Waals surface area contributed by atoms with Crippen LogP contribution in [-0.2, 0) is 0 Å². The molecule has 1 N–H and O–H groups in total. The fourth-order valence-electron chi connectivity index (χ4n) is 4.45. The minimum atomic E-state index is -0.192. The molecule has 2 aromatic carbocycles. The Morgan fingerprint density at radius 3 is 2.59 bits per heavy atom. The van der Waals surface area contributed by atoms with Crippen LogP contribution in [-0.4, -0.2) is 39.7 Å². The number of rotatable bonds is 5. The van der Waals surface area contributed by atoms with Crippen molar-refractivity contribution in [3.8, 4) is 0 Å². The van der Waals surface area contributed by atoms with Crippen LogP contribution in [0.4, 0.5) is 4.39 Å². The van der Waals surface area contributed by atoms with E-state index in [0.717, 1.165) is 54.0 Å². The second kappa shape index (κ2) is 8.55. The molecule has 0 saturated heterocycles. The average Bonchev–Trinajstić information content (AvgIpc) is 3.17. The lowest BCUT2D eigenvalue weighted by Crippen LogP contribution is -2.39. The molecule has 1 aromatic heterocycles. The lowest BCUT2D eigenvalue weighted by atomic mass is 9.78. The van der Waals surface area contributed by atoms with E-state index in [2.05, 4.69) is 19.0 Å². The van der Waals surface area contributed by atoms with Crippen molar-refractivity contribution in [1.82, 2.24) is 19.0 Å². The average molecular weight is 413 g/mol. The van der Waals surface area contributed by atoms with Crippen LogP contribution in [0.1, 0.15) is 47.6 Å². The molecule has 0 spiro atoms. The van der Waals surface area contributed by atoms with E-state index in [1.54, 1.807) is 24.3 Å². The monoisotopic (exact) mass is 412 g/mol. The van der Waals surface area contributed by atoms with Crippen LogP contribution in [0, 0.1) is 11.7 Å². The first-order valence-electron chi connectivity index (χ1n) is 9.96. The number of benzene rings is 2. The summed E-state index contributed by atoms with van der Waals surface area (Å²) in [5, 5.41) is 3.17. The minimum absolute atomic E-state index is 0.0577. The third-order valence-electron chi connectivity index (χ3n) is 5.82. The van der Waals surface area contributed by atoms with Gasteiger partial charge in [-0.1, -0.05) is 12.1 Å². The standard InChI is InChI=1S/C22H25FN4OS/c1-27(2)21(15-4-3-5-17(23)12-15)14-6-9-18(10-7-14)24-22(28)16-8-11-19-20(13-16)26-29-25-19/h3-5,8,11-14,18,21H,6-7,9-10H2,1-2H3,(H,24,28). The van der Waals surface area contributed by atoms with Gasteiger partial charge in [0.2, 0.25) is 0 Å². The Morgan fingerprint density at radius 1 is 1.10 bits per heavy atom. The van der Waals surface area contributed by atoms with Gasteiger partial charge in [-0.15, -0.1) is 0 Å². The van der Waals surface area contributed by atoms with Crippen molar-refractivity contribution < 1.29 is 9.18 Å². The molecule has 1 heterocycles. The van der Waals surface area contributed by atoms with Gasteiger partial charge in [0.05, 0.1) is 11.7 Å². The summed E-state index contributed by atoms with van der Waals surface area (Å²) in [6.07, 6.45) is 3.85. The highest BCUT2D eigenvalue weighted by Gasteiger charge is 2.30. The van der Waals surface area contributed by atoms with Crippen molar-refractivity contribution in [1.29, 1.82) is 0 Å². The van der Waals surface area contributed by atoms with E-state index in [-0.39, 0.29) is 23.8 Å². The molecule has 1 unspecified atom stereocenters. The van der Waals surface area contributed by atoms with Crippen LogP contribution in [0.3, 0.4) is 0 Å². The highest BCUT2D eigenvalue weighted by atomic mass is 32.1. The normalized spacial score (nSPS) is 20.7. The first-order chi connectivity index (χ1) is 14.0. The molecule has 1 aliphatic carbocycles. The van der Waals surface area contributed by atoms with Gasteiger partial charge in [-0.05, 0) is 81.6 Å². The fraction of sp³-hybridized carbons (Fsp3) is 0.409. The van der Waals surface area contributed by atoms with Crippen molar-refractivity contribution in [2.24, 2.45) is 5.92 Å². The first-order valence-corrected chi connectivity index (χ1v) is 10.7. The van der Waals surface area contributed by atoms with Crippen LogP contribution < -0.4 is 5.32 Å². The van der Waals surface area contributed by atoms with Gasteiger partial charge >= 0.3 is 0 Å². The number of nitrogens with zero attached hydrogens (tertiary/aromatic N) is 3. The van der Waals surface area contributed by atoms with Crippen molar-refractivity contribution >= 4 is 28.7 Å². The second-order valence-corrected chi connectivity index (χ2v) is 8.54. The molecular formula is C22H25FN4OS. The zero-order valence-electron chi connectivity index (χ0n) is 16.6. The van der Waals surface area contributed by atoms with Crippen LogP contribution in [0.5, 0.6) is 0 Å². The predicted molar refractivity (Wildman–Crippen MR) is 113 cm³/mol. The molecule has 1 amide bonds. The Balaban J connectivity index is 1.38. The molecule has 0 aliphatic heterocycles. The van der Waals surface area contributed by atoms with E-state index in [1.165, 1.54) is 6.07 Å². The molecular weight excluding hydrogens is 387 g/mol. The summed E-state index contributed by atoms with van der Waals surface area (Å²) < 4.78 is 22.1. The highest BCUT2D eigenvalue weighted by molar-refractivity contribution is 7.00. The molecule has 1 atom stereocenters. The maximum Gasteiger partial charge on any atom is 0.251 e. The topological polar surface area (TPSA) is 58.1 Å². The second-order valence-electron chi connectivity index (χ2n) is 8.02. The van der Waals surface area contributed by atoms with Gasteiger partial charge in [0.1, 0.15) is 16.9 Å². The quantitative estimate of drug-likeness (QED) is 0.674. The third kappa shape index (κ3) is 4.46. The van der Waals surface area contributed by atoms with Crippen molar-refractivity contribution in [3.05, 3.63) is 59.4 Å². The number of amides is 1. The summed E-state index contributed by atoms with van der Waals surface area (Å²) in [7, 11) is 4.10. The maximum atomic E-state index is 13.7. The third-order valence-corrected chi connectivity index (χ3v) is 6.37. The van der Waals surface area contributed by atoms with Gasteiger partial charge in [-0.3, -0.25) is 4.79 Å². The number of fused-ring (bicyclic) bond motifs is 1. The SMILES string of the molecule is CN(C)C(c1cccc(F)c1)C1CCC(NC(=O)c2ccc3nsnc3c2)CC1. The van der Waals surface area contributed by atoms with Crippen molar-refractivity contribution in [3.63, 3.8) is 0 Å². The molecule has 152 valence electrons. The number of hydrogen-bond donors (Lipinski definition) is 1. The molecule has 1 fully saturated rings. The molecule has 7 heteroatoms. The van der Waals surface area contributed by atoms with E-state index in [9.17, 15) is 9.18 Å². The number of hydrogen-bond acceptors (Lipinski definition) is 5. The van der Waals surface area contributed by atoms with Crippen LogP contribution in [0.2, 0.25) is 0 Å². The van der Waals surface area contributed by atoms with Gasteiger partial charge in [-0.2, -0.15) is 8.75 Å². The van der Waals surface area contributed by atoms with Gasteiger partial charge in [0.25, 0.3) is 5.91 Å². The number of nitrogens with one attached hydrogen (secondary N) is 1. The Bertz CT molecular complexity index is 997. The van der Waals surface area contributed by atoms with Gasteiger partial charge in [0, 0.05) is 17.6 Å². The van der Waals surface area contributed by atoms with Crippen LogP contribution in [0.15, 0.2) is 42.5 Å².